The summed E-state index contributed by atoms with van der Waals surface area (Å²) in [6, 6.07) is 0. The molecule has 0 radical (unpaired) electrons. The topological polar surface area (TPSA) is 43.7 Å². The minimum Gasteiger partial charge on any atom is -0.394 e. The Balaban J connectivity index is 3.10. The number of unbranched alkanes of at least 4 members (excludes halogenated alkanes) is 13. The van der Waals surface area contributed by atoms with Gasteiger partial charge in [0.2, 0.25) is 0 Å². The lowest BCUT2D eigenvalue weighted by atomic mass is 10.0. The monoisotopic (exact) mass is 329 g/mol. The van der Waals surface area contributed by atoms with Crippen molar-refractivity contribution in [1.82, 2.24) is 4.90 Å². The Hall–Kier alpha value is -0.120. The number of likely N-dealkylation sites (N-methyl/N-ethyl adjacent to an activating group) is 1. The molecule has 0 saturated heterocycles. The molecule has 0 amide bonds. The fourth-order valence-corrected chi connectivity index (χ4v) is 3.09. The summed E-state index contributed by atoms with van der Waals surface area (Å²) in [5, 5.41) is 18.2. The average molecular weight is 330 g/mol. The molecule has 0 bridgehead atoms. The average Bonchev–Trinajstić information content (AvgIpc) is 2.55. The minimum absolute atomic E-state index is 0.136. The Morgan fingerprint density at radius 3 is 1.48 bits per heavy atom. The molecule has 0 aliphatic carbocycles. The number of hydrogen-bond acceptors (Lipinski definition) is 3. The number of nitrogens with zero attached hydrogens (tertiary/aromatic N) is 1. The molecule has 0 fully saturated rings. The molecule has 0 heterocycles. The summed E-state index contributed by atoms with van der Waals surface area (Å²) < 4.78 is 0. The van der Waals surface area contributed by atoms with Crippen LogP contribution in [0, 0.1) is 0 Å². The Labute approximate surface area is 145 Å². The van der Waals surface area contributed by atoms with Gasteiger partial charge in [-0.2, -0.15) is 0 Å². The van der Waals surface area contributed by atoms with Crippen LogP contribution >= 0.6 is 0 Å². The molecule has 3 nitrogen and oxygen atoms in total. The summed E-state index contributed by atoms with van der Waals surface area (Å²) in [5.74, 6) is 0. The first-order chi connectivity index (χ1) is 11.2. The molecule has 0 saturated carbocycles. The van der Waals surface area contributed by atoms with E-state index in [0.29, 0.717) is 6.54 Å². The lowest BCUT2D eigenvalue weighted by molar-refractivity contribution is 0.0662. The van der Waals surface area contributed by atoms with Crippen molar-refractivity contribution in [2.45, 2.75) is 103 Å². The molecular weight excluding hydrogens is 286 g/mol. The molecule has 1 unspecified atom stereocenters. The highest BCUT2D eigenvalue weighted by atomic mass is 16.3. The zero-order valence-corrected chi connectivity index (χ0v) is 15.9. The second-order valence-corrected chi connectivity index (χ2v) is 7.19. The molecular formula is C20H43NO2. The van der Waals surface area contributed by atoms with Crippen molar-refractivity contribution in [2.24, 2.45) is 0 Å². The molecule has 0 aliphatic rings. The third-order valence-corrected chi connectivity index (χ3v) is 4.63. The number of rotatable bonds is 18. The third-order valence-electron chi connectivity index (χ3n) is 4.63. The van der Waals surface area contributed by atoms with Gasteiger partial charge < -0.3 is 15.1 Å². The van der Waals surface area contributed by atoms with Gasteiger partial charge in [-0.05, 0) is 20.0 Å². The normalized spacial score (nSPS) is 12.9. The third kappa shape index (κ3) is 18.1. The maximum Gasteiger partial charge on any atom is 0.0897 e. The highest BCUT2D eigenvalue weighted by Gasteiger charge is 2.05. The largest absolute Gasteiger partial charge is 0.394 e. The first kappa shape index (κ1) is 22.9. The van der Waals surface area contributed by atoms with E-state index in [4.69, 9.17) is 5.11 Å². The number of aliphatic hydroxyl groups is 2. The predicted octanol–water partition coefficient (Wildman–Crippen LogP) is 4.75. The predicted molar refractivity (Wildman–Crippen MR) is 101 cm³/mol. The van der Waals surface area contributed by atoms with Crippen molar-refractivity contribution in [3.05, 3.63) is 0 Å². The Bertz CT molecular complexity index is 224. The van der Waals surface area contributed by atoms with E-state index in [1.807, 2.05) is 7.05 Å². The van der Waals surface area contributed by atoms with Crippen LogP contribution in [-0.4, -0.2) is 48.0 Å². The van der Waals surface area contributed by atoms with Gasteiger partial charge in [0.1, 0.15) is 0 Å². The van der Waals surface area contributed by atoms with E-state index in [9.17, 15) is 5.11 Å². The van der Waals surface area contributed by atoms with E-state index >= 15 is 0 Å². The minimum atomic E-state index is -0.591. The summed E-state index contributed by atoms with van der Waals surface area (Å²) in [6.45, 7) is 3.74. The van der Waals surface area contributed by atoms with E-state index in [-0.39, 0.29) is 6.61 Å². The highest BCUT2D eigenvalue weighted by molar-refractivity contribution is 4.60. The Morgan fingerprint density at radius 1 is 0.696 bits per heavy atom. The zero-order valence-electron chi connectivity index (χ0n) is 15.9. The van der Waals surface area contributed by atoms with Gasteiger partial charge in [0.05, 0.1) is 12.7 Å². The molecule has 0 spiro atoms. The van der Waals surface area contributed by atoms with Gasteiger partial charge >= 0.3 is 0 Å². The zero-order chi connectivity index (χ0) is 17.2. The van der Waals surface area contributed by atoms with Gasteiger partial charge in [-0.25, -0.2) is 0 Å². The van der Waals surface area contributed by atoms with Crippen molar-refractivity contribution < 1.29 is 10.2 Å². The smallest absolute Gasteiger partial charge is 0.0897 e. The van der Waals surface area contributed by atoms with E-state index in [2.05, 4.69) is 11.8 Å². The first-order valence-electron chi connectivity index (χ1n) is 10.2. The van der Waals surface area contributed by atoms with E-state index in [0.717, 1.165) is 6.54 Å². The van der Waals surface area contributed by atoms with Crippen molar-refractivity contribution in [3.63, 3.8) is 0 Å². The van der Waals surface area contributed by atoms with E-state index in [1.54, 1.807) is 0 Å². The molecule has 0 aromatic rings. The second kappa shape index (κ2) is 18.2. The van der Waals surface area contributed by atoms with Crippen molar-refractivity contribution in [3.8, 4) is 0 Å². The molecule has 0 aromatic carbocycles. The lowest BCUT2D eigenvalue weighted by Crippen LogP contribution is -2.31. The maximum atomic E-state index is 9.35. The van der Waals surface area contributed by atoms with Crippen molar-refractivity contribution in [1.29, 1.82) is 0 Å². The van der Waals surface area contributed by atoms with Crippen LogP contribution < -0.4 is 0 Å². The van der Waals surface area contributed by atoms with Crippen LogP contribution in [0.4, 0.5) is 0 Å². The first-order valence-corrected chi connectivity index (χ1v) is 10.2. The molecule has 2 N–H and O–H groups in total. The number of aliphatic hydroxyl groups excluding tert-OH is 2. The van der Waals surface area contributed by atoms with Crippen molar-refractivity contribution >= 4 is 0 Å². The van der Waals surface area contributed by atoms with Crippen LogP contribution in [0.15, 0.2) is 0 Å². The van der Waals surface area contributed by atoms with Crippen LogP contribution in [0.2, 0.25) is 0 Å². The van der Waals surface area contributed by atoms with Gasteiger partial charge in [0, 0.05) is 6.54 Å². The van der Waals surface area contributed by atoms with Crippen LogP contribution in [0.5, 0.6) is 0 Å². The Kier molecular flexibility index (Phi) is 18.1. The molecule has 0 aromatic heterocycles. The molecule has 0 rings (SSSR count). The van der Waals surface area contributed by atoms with Crippen LogP contribution in [0.25, 0.3) is 0 Å². The fourth-order valence-electron chi connectivity index (χ4n) is 3.09. The van der Waals surface area contributed by atoms with Crippen LogP contribution in [-0.2, 0) is 0 Å². The lowest BCUT2D eigenvalue weighted by Gasteiger charge is -2.18. The van der Waals surface area contributed by atoms with Crippen LogP contribution in [0.1, 0.15) is 96.8 Å². The van der Waals surface area contributed by atoms with Gasteiger partial charge in [0.15, 0.2) is 0 Å². The van der Waals surface area contributed by atoms with Crippen LogP contribution in [0.3, 0.4) is 0 Å². The maximum absolute atomic E-state index is 9.35. The second-order valence-electron chi connectivity index (χ2n) is 7.19. The quantitative estimate of drug-likeness (QED) is 0.357. The summed E-state index contributed by atoms with van der Waals surface area (Å²) in [6.07, 6.45) is 18.8. The fraction of sp³-hybridized carbons (Fsp3) is 1.00. The van der Waals surface area contributed by atoms with Crippen molar-refractivity contribution in [2.75, 3.05) is 26.7 Å². The summed E-state index contributed by atoms with van der Waals surface area (Å²) in [7, 11) is 2.02. The summed E-state index contributed by atoms with van der Waals surface area (Å²) in [5.41, 5.74) is 0. The molecule has 0 aliphatic heterocycles. The van der Waals surface area contributed by atoms with Gasteiger partial charge in [-0.1, -0.05) is 90.4 Å². The highest BCUT2D eigenvalue weighted by Crippen LogP contribution is 2.13. The molecule has 23 heavy (non-hydrogen) atoms. The molecule has 140 valence electrons. The molecule has 3 heteroatoms. The SMILES string of the molecule is CCCCCCCCCCCCCCCCN(C)CC(O)CO. The molecule has 1 atom stereocenters. The Morgan fingerprint density at radius 2 is 1.09 bits per heavy atom. The van der Waals surface area contributed by atoms with Gasteiger partial charge in [-0.3, -0.25) is 0 Å². The van der Waals surface area contributed by atoms with Gasteiger partial charge in [0.25, 0.3) is 0 Å². The van der Waals surface area contributed by atoms with E-state index < -0.39 is 6.10 Å². The number of hydrogen-bond donors (Lipinski definition) is 2. The summed E-state index contributed by atoms with van der Waals surface area (Å²) in [4.78, 5) is 2.11. The summed E-state index contributed by atoms with van der Waals surface area (Å²) >= 11 is 0. The van der Waals surface area contributed by atoms with Gasteiger partial charge in [-0.15, -0.1) is 0 Å². The van der Waals surface area contributed by atoms with E-state index in [1.165, 1.54) is 89.9 Å². The standard InChI is InChI=1S/C20H43NO2/c1-3-4-5-6-7-8-9-10-11-12-13-14-15-16-17-21(2)18-20(23)19-22/h20,22-23H,3-19H2,1-2H3.